The highest BCUT2D eigenvalue weighted by Gasteiger charge is 2.25. The van der Waals surface area contributed by atoms with E-state index in [9.17, 15) is 0 Å². The van der Waals surface area contributed by atoms with Crippen LogP contribution in [-0.4, -0.2) is 16.3 Å². The topological polar surface area (TPSA) is 29.9 Å². The fourth-order valence-electron chi connectivity index (χ4n) is 4.21. The SMILES string of the molecule is c1ccc(-c2cc3n(n2)CCCNC3CC2CCCCC2)cc1. The van der Waals surface area contributed by atoms with E-state index in [1.54, 1.807) is 0 Å². The first-order valence-corrected chi connectivity index (χ1v) is 9.27. The van der Waals surface area contributed by atoms with Crippen molar-refractivity contribution in [2.75, 3.05) is 6.54 Å². The molecule has 0 bridgehead atoms. The minimum absolute atomic E-state index is 0.477. The summed E-state index contributed by atoms with van der Waals surface area (Å²) in [6.07, 6.45) is 9.56. The lowest BCUT2D eigenvalue weighted by atomic mass is 9.84. The third-order valence-electron chi connectivity index (χ3n) is 5.47. The smallest absolute Gasteiger partial charge is 0.0926 e. The van der Waals surface area contributed by atoms with Crippen molar-refractivity contribution in [2.24, 2.45) is 5.92 Å². The van der Waals surface area contributed by atoms with Crippen LogP contribution in [0.1, 0.15) is 56.7 Å². The van der Waals surface area contributed by atoms with Gasteiger partial charge in [-0.15, -0.1) is 0 Å². The third kappa shape index (κ3) is 3.35. The number of benzene rings is 1. The average Bonchev–Trinajstić information content (AvgIpc) is 2.95. The molecular formula is C20H27N3. The predicted octanol–water partition coefficient (Wildman–Crippen LogP) is 4.55. The van der Waals surface area contributed by atoms with E-state index in [1.165, 1.54) is 56.2 Å². The van der Waals surface area contributed by atoms with E-state index < -0.39 is 0 Å². The summed E-state index contributed by atoms with van der Waals surface area (Å²) in [6.45, 7) is 2.15. The molecule has 0 amide bonds. The van der Waals surface area contributed by atoms with E-state index in [4.69, 9.17) is 5.10 Å². The standard InChI is InChI=1S/C20H27N3/c1-3-8-16(9-4-1)14-19-20-15-18(17-10-5-2-6-11-17)22-23(20)13-7-12-21-19/h2,5-6,10-11,15-16,19,21H,1,3-4,7-9,12-14H2. The highest BCUT2D eigenvalue weighted by Crippen LogP contribution is 2.34. The summed E-state index contributed by atoms with van der Waals surface area (Å²) in [5.41, 5.74) is 3.74. The Bertz CT molecular complexity index is 626. The van der Waals surface area contributed by atoms with E-state index >= 15 is 0 Å². The number of hydrogen-bond donors (Lipinski definition) is 1. The highest BCUT2D eigenvalue weighted by molar-refractivity contribution is 5.59. The molecule has 3 heteroatoms. The zero-order valence-electron chi connectivity index (χ0n) is 13.9. The molecular weight excluding hydrogens is 282 g/mol. The van der Waals surface area contributed by atoms with Crippen LogP contribution in [0.2, 0.25) is 0 Å². The fourth-order valence-corrected chi connectivity index (χ4v) is 4.21. The zero-order valence-corrected chi connectivity index (χ0v) is 13.9. The Balaban J connectivity index is 1.59. The molecule has 0 spiro atoms. The van der Waals surface area contributed by atoms with Crippen LogP contribution in [0.25, 0.3) is 11.3 Å². The molecule has 1 unspecified atom stereocenters. The van der Waals surface area contributed by atoms with Gasteiger partial charge in [-0.3, -0.25) is 4.68 Å². The first-order chi connectivity index (χ1) is 11.4. The molecule has 23 heavy (non-hydrogen) atoms. The van der Waals surface area contributed by atoms with E-state index in [0.29, 0.717) is 6.04 Å². The van der Waals surface area contributed by atoms with Gasteiger partial charge in [0.05, 0.1) is 11.4 Å². The van der Waals surface area contributed by atoms with Gasteiger partial charge >= 0.3 is 0 Å². The van der Waals surface area contributed by atoms with Crippen LogP contribution in [0.4, 0.5) is 0 Å². The van der Waals surface area contributed by atoms with Crippen LogP contribution < -0.4 is 5.32 Å². The average molecular weight is 309 g/mol. The van der Waals surface area contributed by atoms with E-state index in [0.717, 1.165) is 24.7 Å². The van der Waals surface area contributed by atoms with Crippen molar-refractivity contribution in [3.8, 4) is 11.3 Å². The lowest BCUT2D eigenvalue weighted by molar-refractivity contribution is 0.299. The number of aryl methyl sites for hydroxylation is 1. The Morgan fingerprint density at radius 1 is 1.04 bits per heavy atom. The molecule has 1 aromatic heterocycles. The summed E-state index contributed by atoms with van der Waals surface area (Å²) >= 11 is 0. The van der Waals surface area contributed by atoms with Gasteiger partial charge in [-0.1, -0.05) is 62.4 Å². The van der Waals surface area contributed by atoms with E-state index in [2.05, 4.69) is 46.4 Å². The first kappa shape index (κ1) is 14.9. The van der Waals surface area contributed by atoms with Crippen molar-refractivity contribution in [1.82, 2.24) is 15.1 Å². The van der Waals surface area contributed by atoms with Gasteiger partial charge in [0.25, 0.3) is 0 Å². The molecule has 1 aromatic carbocycles. The number of nitrogens with zero attached hydrogens (tertiary/aromatic N) is 2. The summed E-state index contributed by atoms with van der Waals surface area (Å²) < 4.78 is 2.26. The molecule has 1 N–H and O–H groups in total. The van der Waals surface area contributed by atoms with Crippen LogP contribution in [0.3, 0.4) is 0 Å². The molecule has 0 saturated heterocycles. The van der Waals surface area contributed by atoms with Gasteiger partial charge in [-0.05, 0) is 31.4 Å². The summed E-state index contributed by atoms with van der Waals surface area (Å²) in [4.78, 5) is 0. The minimum atomic E-state index is 0.477. The molecule has 2 aliphatic rings. The molecule has 2 aromatic rings. The van der Waals surface area contributed by atoms with Crippen molar-refractivity contribution in [1.29, 1.82) is 0 Å². The molecule has 4 rings (SSSR count). The summed E-state index contributed by atoms with van der Waals surface area (Å²) in [5.74, 6) is 0.892. The maximum atomic E-state index is 4.90. The number of aromatic nitrogens is 2. The molecule has 0 radical (unpaired) electrons. The number of nitrogens with one attached hydrogen (secondary N) is 1. The summed E-state index contributed by atoms with van der Waals surface area (Å²) in [6, 6.07) is 13.4. The van der Waals surface area contributed by atoms with E-state index in [1.807, 2.05) is 0 Å². The largest absolute Gasteiger partial charge is 0.309 e. The molecule has 2 heterocycles. The maximum Gasteiger partial charge on any atom is 0.0926 e. The third-order valence-corrected chi connectivity index (χ3v) is 5.47. The highest BCUT2D eigenvalue weighted by atomic mass is 15.3. The molecule has 1 aliphatic carbocycles. The molecule has 1 atom stereocenters. The Kier molecular flexibility index (Phi) is 4.47. The van der Waals surface area contributed by atoms with Crippen molar-refractivity contribution in [3.63, 3.8) is 0 Å². The second-order valence-electron chi connectivity index (χ2n) is 7.14. The number of hydrogen-bond acceptors (Lipinski definition) is 2. The number of fused-ring (bicyclic) bond motifs is 1. The lowest BCUT2D eigenvalue weighted by Gasteiger charge is -2.26. The van der Waals surface area contributed by atoms with Gasteiger partial charge < -0.3 is 5.32 Å². The molecule has 1 fully saturated rings. The van der Waals surface area contributed by atoms with Crippen molar-refractivity contribution >= 4 is 0 Å². The van der Waals surface area contributed by atoms with Crippen molar-refractivity contribution in [3.05, 3.63) is 42.1 Å². The van der Waals surface area contributed by atoms with Crippen molar-refractivity contribution in [2.45, 2.75) is 57.5 Å². The summed E-state index contributed by atoms with van der Waals surface area (Å²) in [7, 11) is 0. The van der Waals surface area contributed by atoms with Gasteiger partial charge in [-0.25, -0.2) is 0 Å². The fraction of sp³-hybridized carbons (Fsp3) is 0.550. The second kappa shape index (κ2) is 6.88. The minimum Gasteiger partial charge on any atom is -0.309 e. The van der Waals surface area contributed by atoms with Crippen LogP contribution in [-0.2, 0) is 6.54 Å². The van der Waals surface area contributed by atoms with Crippen LogP contribution in [0.5, 0.6) is 0 Å². The first-order valence-electron chi connectivity index (χ1n) is 9.27. The lowest BCUT2D eigenvalue weighted by Crippen LogP contribution is -2.24. The Morgan fingerprint density at radius 2 is 1.87 bits per heavy atom. The zero-order chi connectivity index (χ0) is 15.5. The Morgan fingerprint density at radius 3 is 2.70 bits per heavy atom. The Labute approximate surface area is 139 Å². The molecule has 1 aliphatic heterocycles. The number of rotatable bonds is 3. The van der Waals surface area contributed by atoms with E-state index in [-0.39, 0.29) is 0 Å². The van der Waals surface area contributed by atoms with Crippen LogP contribution in [0, 0.1) is 5.92 Å². The van der Waals surface area contributed by atoms with Crippen LogP contribution in [0.15, 0.2) is 36.4 Å². The second-order valence-corrected chi connectivity index (χ2v) is 7.14. The van der Waals surface area contributed by atoms with Crippen molar-refractivity contribution < 1.29 is 0 Å². The molecule has 1 saturated carbocycles. The van der Waals surface area contributed by atoms with Gasteiger partial charge in [-0.2, -0.15) is 5.10 Å². The normalized spacial score (nSPS) is 22.5. The van der Waals surface area contributed by atoms with Gasteiger partial charge in [0.15, 0.2) is 0 Å². The van der Waals surface area contributed by atoms with Gasteiger partial charge in [0.2, 0.25) is 0 Å². The predicted molar refractivity (Wildman–Crippen MR) is 94.2 cm³/mol. The van der Waals surface area contributed by atoms with Gasteiger partial charge in [0, 0.05) is 18.2 Å². The summed E-state index contributed by atoms with van der Waals surface area (Å²) in [5, 5.41) is 8.69. The quantitative estimate of drug-likeness (QED) is 0.901. The Hall–Kier alpha value is -1.61. The monoisotopic (exact) mass is 309 g/mol. The van der Waals surface area contributed by atoms with Crippen LogP contribution >= 0.6 is 0 Å². The molecule has 122 valence electrons. The van der Waals surface area contributed by atoms with Gasteiger partial charge in [0.1, 0.15) is 0 Å². The maximum absolute atomic E-state index is 4.90. The molecule has 3 nitrogen and oxygen atoms in total.